The highest BCUT2D eigenvalue weighted by Gasteiger charge is 2.15. The molecule has 0 amide bonds. The predicted octanol–water partition coefficient (Wildman–Crippen LogP) is 2.33. The molecule has 0 aromatic heterocycles. The number of carbonyl (C=O) groups is 1. The second-order valence-corrected chi connectivity index (χ2v) is 4.46. The van der Waals surface area contributed by atoms with Gasteiger partial charge in [-0.1, -0.05) is 51.9 Å². The molecule has 0 radical (unpaired) electrons. The van der Waals surface area contributed by atoms with Crippen molar-refractivity contribution < 1.29 is 4.79 Å². The fourth-order valence-corrected chi connectivity index (χ4v) is 1.62. The average molecular weight is 214 g/mol. The van der Waals surface area contributed by atoms with Crippen LogP contribution < -0.4 is 11.5 Å². The van der Waals surface area contributed by atoms with Crippen molar-refractivity contribution in [1.82, 2.24) is 0 Å². The van der Waals surface area contributed by atoms with Crippen LogP contribution in [-0.4, -0.2) is 11.9 Å². The smallest absolute Gasteiger partial charge is 0.154 e. The molecule has 0 rings (SSSR count). The number of hydrogen-bond donors (Lipinski definition) is 2. The Bertz CT molecular complexity index is 158. The average Bonchev–Trinajstić information content (AvgIpc) is 2.22. The minimum absolute atomic E-state index is 0.603. The zero-order valence-corrected chi connectivity index (χ0v) is 10.0. The molecule has 15 heavy (non-hydrogen) atoms. The van der Waals surface area contributed by atoms with Gasteiger partial charge in [0.05, 0.1) is 0 Å². The van der Waals surface area contributed by atoms with Gasteiger partial charge in [-0.05, 0) is 12.8 Å². The Labute approximate surface area is 93.6 Å². The van der Waals surface area contributed by atoms with Gasteiger partial charge in [0, 0.05) is 0 Å². The SMILES string of the molecule is CCCCCCCCCCC(N)(N)C=O. The summed E-state index contributed by atoms with van der Waals surface area (Å²) in [7, 11) is 0. The largest absolute Gasteiger partial charge is 0.307 e. The zero-order chi connectivity index (χ0) is 11.6. The Morgan fingerprint density at radius 1 is 0.933 bits per heavy atom. The van der Waals surface area contributed by atoms with Gasteiger partial charge in [-0.3, -0.25) is 4.79 Å². The Hall–Kier alpha value is -0.410. The van der Waals surface area contributed by atoms with Crippen molar-refractivity contribution in [2.45, 2.75) is 70.4 Å². The number of carbonyl (C=O) groups excluding carboxylic acids is 1. The number of rotatable bonds is 10. The molecule has 0 spiro atoms. The monoisotopic (exact) mass is 214 g/mol. The van der Waals surface area contributed by atoms with E-state index in [9.17, 15) is 4.79 Å². The third-order valence-corrected chi connectivity index (χ3v) is 2.68. The quantitative estimate of drug-likeness (QED) is 0.333. The second kappa shape index (κ2) is 8.86. The van der Waals surface area contributed by atoms with Crippen molar-refractivity contribution in [3.63, 3.8) is 0 Å². The normalized spacial score (nSPS) is 11.7. The molecular formula is C12H26N2O. The Balaban J connectivity index is 3.15. The molecule has 90 valence electrons. The van der Waals surface area contributed by atoms with Gasteiger partial charge < -0.3 is 11.5 Å². The lowest BCUT2D eigenvalue weighted by atomic mass is 10.0. The van der Waals surface area contributed by atoms with E-state index in [-0.39, 0.29) is 0 Å². The van der Waals surface area contributed by atoms with Gasteiger partial charge in [0.2, 0.25) is 0 Å². The first-order chi connectivity index (χ1) is 7.12. The van der Waals surface area contributed by atoms with Gasteiger partial charge in [0.1, 0.15) is 5.66 Å². The lowest BCUT2D eigenvalue weighted by molar-refractivity contribution is -0.112. The summed E-state index contributed by atoms with van der Waals surface area (Å²) in [5.41, 5.74) is 9.92. The van der Waals surface area contributed by atoms with Crippen molar-refractivity contribution in [2.75, 3.05) is 0 Å². The minimum atomic E-state index is -1.10. The van der Waals surface area contributed by atoms with Gasteiger partial charge in [-0.15, -0.1) is 0 Å². The Morgan fingerprint density at radius 2 is 1.40 bits per heavy atom. The molecule has 0 aliphatic rings. The molecule has 3 heteroatoms. The molecule has 0 saturated heterocycles. The van der Waals surface area contributed by atoms with Crippen molar-refractivity contribution in [3.8, 4) is 0 Å². The van der Waals surface area contributed by atoms with Crippen molar-refractivity contribution in [1.29, 1.82) is 0 Å². The molecule has 0 aromatic rings. The minimum Gasteiger partial charge on any atom is -0.307 e. The van der Waals surface area contributed by atoms with Crippen LogP contribution in [0.25, 0.3) is 0 Å². The van der Waals surface area contributed by atoms with Crippen LogP contribution in [0.3, 0.4) is 0 Å². The van der Waals surface area contributed by atoms with Crippen molar-refractivity contribution in [2.24, 2.45) is 11.5 Å². The molecule has 0 unspecified atom stereocenters. The van der Waals surface area contributed by atoms with Gasteiger partial charge in [-0.25, -0.2) is 0 Å². The first-order valence-electron chi connectivity index (χ1n) is 6.16. The van der Waals surface area contributed by atoms with Gasteiger partial charge in [0.15, 0.2) is 6.29 Å². The van der Waals surface area contributed by atoms with Crippen LogP contribution in [0.1, 0.15) is 64.7 Å². The van der Waals surface area contributed by atoms with E-state index in [1.165, 1.54) is 38.5 Å². The Morgan fingerprint density at radius 3 is 1.87 bits per heavy atom. The summed E-state index contributed by atoms with van der Waals surface area (Å²) in [4.78, 5) is 10.4. The van der Waals surface area contributed by atoms with Gasteiger partial charge in [-0.2, -0.15) is 0 Å². The fourth-order valence-electron chi connectivity index (χ4n) is 1.62. The van der Waals surface area contributed by atoms with Crippen LogP contribution in [0.4, 0.5) is 0 Å². The fraction of sp³-hybridized carbons (Fsp3) is 0.917. The molecule has 0 bridgehead atoms. The molecule has 0 aliphatic heterocycles. The molecular weight excluding hydrogens is 188 g/mol. The zero-order valence-electron chi connectivity index (χ0n) is 10.0. The molecule has 0 aromatic carbocycles. The van der Waals surface area contributed by atoms with Gasteiger partial charge >= 0.3 is 0 Å². The summed E-state index contributed by atoms with van der Waals surface area (Å²) in [6, 6.07) is 0. The molecule has 0 aliphatic carbocycles. The standard InChI is InChI=1S/C12H26N2O/c1-2-3-4-5-6-7-8-9-10-12(13,14)11-15/h11H,2-10,13-14H2,1H3. The van der Waals surface area contributed by atoms with Crippen molar-refractivity contribution >= 4 is 6.29 Å². The molecule has 4 N–H and O–H groups in total. The van der Waals surface area contributed by atoms with E-state index in [0.29, 0.717) is 12.7 Å². The molecule has 0 fully saturated rings. The van der Waals surface area contributed by atoms with Crippen LogP contribution >= 0.6 is 0 Å². The third-order valence-electron chi connectivity index (χ3n) is 2.68. The van der Waals surface area contributed by atoms with Crippen LogP contribution in [0.2, 0.25) is 0 Å². The summed E-state index contributed by atoms with van der Waals surface area (Å²) < 4.78 is 0. The van der Waals surface area contributed by atoms with E-state index in [0.717, 1.165) is 12.8 Å². The van der Waals surface area contributed by atoms with Crippen LogP contribution in [0, 0.1) is 0 Å². The third kappa shape index (κ3) is 9.88. The van der Waals surface area contributed by atoms with E-state index in [1.807, 2.05) is 0 Å². The highest BCUT2D eigenvalue weighted by Crippen LogP contribution is 2.11. The summed E-state index contributed by atoms with van der Waals surface area (Å²) in [6.45, 7) is 2.22. The number of aldehydes is 1. The van der Waals surface area contributed by atoms with Crippen molar-refractivity contribution in [3.05, 3.63) is 0 Å². The summed E-state index contributed by atoms with van der Waals surface area (Å²) in [5.74, 6) is 0. The van der Waals surface area contributed by atoms with E-state index in [2.05, 4.69) is 6.92 Å². The van der Waals surface area contributed by atoms with E-state index in [1.54, 1.807) is 0 Å². The van der Waals surface area contributed by atoms with Gasteiger partial charge in [0.25, 0.3) is 0 Å². The summed E-state index contributed by atoms with van der Waals surface area (Å²) >= 11 is 0. The summed E-state index contributed by atoms with van der Waals surface area (Å²) in [5, 5.41) is 0. The first kappa shape index (κ1) is 14.6. The molecule has 0 heterocycles. The topological polar surface area (TPSA) is 69.1 Å². The van der Waals surface area contributed by atoms with Crippen LogP contribution in [-0.2, 0) is 4.79 Å². The maximum absolute atomic E-state index is 10.4. The van der Waals surface area contributed by atoms with E-state index < -0.39 is 5.66 Å². The van der Waals surface area contributed by atoms with Crippen LogP contribution in [0.5, 0.6) is 0 Å². The summed E-state index contributed by atoms with van der Waals surface area (Å²) in [6.07, 6.45) is 11.2. The Kier molecular flexibility index (Phi) is 8.62. The highest BCUT2D eigenvalue weighted by atomic mass is 16.1. The second-order valence-electron chi connectivity index (χ2n) is 4.46. The molecule has 3 nitrogen and oxygen atoms in total. The highest BCUT2D eigenvalue weighted by molar-refractivity contribution is 5.62. The lowest BCUT2D eigenvalue weighted by Gasteiger charge is -2.15. The van der Waals surface area contributed by atoms with E-state index >= 15 is 0 Å². The lowest BCUT2D eigenvalue weighted by Crippen LogP contribution is -2.50. The predicted molar refractivity (Wildman–Crippen MR) is 64.4 cm³/mol. The first-order valence-corrected chi connectivity index (χ1v) is 6.16. The number of nitrogens with two attached hydrogens (primary N) is 2. The van der Waals surface area contributed by atoms with Crippen LogP contribution in [0.15, 0.2) is 0 Å². The molecule has 0 atom stereocenters. The number of unbranched alkanes of at least 4 members (excludes halogenated alkanes) is 7. The van der Waals surface area contributed by atoms with E-state index in [4.69, 9.17) is 11.5 Å². The number of hydrogen-bond acceptors (Lipinski definition) is 3. The maximum atomic E-state index is 10.4. The maximum Gasteiger partial charge on any atom is 0.154 e. The molecule has 0 saturated carbocycles.